The Hall–Kier alpha value is -0.780. The summed E-state index contributed by atoms with van der Waals surface area (Å²) in [5, 5.41) is 12.9. The van der Waals surface area contributed by atoms with Crippen molar-refractivity contribution in [3.63, 3.8) is 0 Å². The van der Waals surface area contributed by atoms with Crippen molar-refractivity contribution >= 4 is 21.4 Å². The zero-order chi connectivity index (χ0) is 12.9. The summed E-state index contributed by atoms with van der Waals surface area (Å²) in [4.78, 5) is 0. The Balaban J connectivity index is 2.44. The number of rotatable bonds is 6. The van der Waals surface area contributed by atoms with E-state index in [1.54, 1.807) is 25.1 Å². The van der Waals surface area contributed by atoms with Gasteiger partial charge in [0.1, 0.15) is 5.75 Å². The highest BCUT2D eigenvalue weighted by atomic mass is 35.5. The monoisotopic (exact) mass is 277 g/mol. The van der Waals surface area contributed by atoms with Gasteiger partial charge in [0.15, 0.2) is 9.84 Å². The molecule has 0 aliphatic heterocycles. The predicted molar refractivity (Wildman–Crippen MR) is 69.2 cm³/mol. The van der Waals surface area contributed by atoms with E-state index in [2.05, 4.69) is 5.32 Å². The molecule has 1 rings (SSSR count). The minimum absolute atomic E-state index is 0.0417. The third-order valence-electron chi connectivity index (χ3n) is 2.42. The fourth-order valence-electron chi connectivity index (χ4n) is 1.30. The highest BCUT2D eigenvalue weighted by molar-refractivity contribution is 7.91. The van der Waals surface area contributed by atoms with E-state index in [4.69, 9.17) is 11.6 Å². The molecule has 0 radical (unpaired) electrons. The molecule has 0 spiro atoms. The maximum Gasteiger partial charge on any atom is 0.151 e. The zero-order valence-corrected chi connectivity index (χ0v) is 11.2. The van der Waals surface area contributed by atoms with Crippen molar-refractivity contribution < 1.29 is 13.5 Å². The maximum absolute atomic E-state index is 11.2. The first-order valence-corrected chi connectivity index (χ1v) is 7.53. The van der Waals surface area contributed by atoms with Gasteiger partial charge in [0.05, 0.1) is 10.8 Å². The molecule has 0 aliphatic carbocycles. The van der Waals surface area contributed by atoms with Gasteiger partial charge in [-0.05, 0) is 6.07 Å². The maximum atomic E-state index is 11.2. The van der Waals surface area contributed by atoms with Crippen LogP contribution in [-0.4, -0.2) is 31.6 Å². The van der Waals surface area contributed by atoms with Crippen molar-refractivity contribution in [2.75, 3.05) is 18.1 Å². The normalized spacial score (nSPS) is 11.6. The van der Waals surface area contributed by atoms with Crippen molar-refractivity contribution in [1.29, 1.82) is 0 Å². The highest BCUT2D eigenvalue weighted by Gasteiger charge is 2.07. The van der Waals surface area contributed by atoms with Crippen LogP contribution in [0.4, 0.5) is 0 Å². The molecule has 6 heteroatoms. The van der Waals surface area contributed by atoms with E-state index in [1.165, 1.54) is 0 Å². The molecule has 0 saturated heterocycles. The van der Waals surface area contributed by atoms with Gasteiger partial charge in [0, 0.05) is 24.4 Å². The van der Waals surface area contributed by atoms with Gasteiger partial charge in [0.2, 0.25) is 0 Å². The summed E-state index contributed by atoms with van der Waals surface area (Å²) in [7, 11) is -2.94. The lowest BCUT2D eigenvalue weighted by molar-refractivity contribution is 0.465. The number of hydrogen-bond donors (Lipinski definition) is 2. The van der Waals surface area contributed by atoms with Gasteiger partial charge in [-0.1, -0.05) is 30.7 Å². The lowest BCUT2D eigenvalue weighted by atomic mass is 10.2. The molecule has 1 aromatic rings. The average molecular weight is 278 g/mol. The predicted octanol–water partition coefficient (Wildman–Crippen LogP) is 1.57. The van der Waals surface area contributed by atoms with Crippen LogP contribution in [0, 0.1) is 0 Å². The molecule has 17 heavy (non-hydrogen) atoms. The van der Waals surface area contributed by atoms with E-state index in [1.807, 2.05) is 0 Å². The molecule has 0 aromatic heterocycles. The summed E-state index contributed by atoms with van der Waals surface area (Å²) in [5.74, 6) is 0.294. The third kappa shape index (κ3) is 4.53. The van der Waals surface area contributed by atoms with Gasteiger partial charge in [-0.15, -0.1) is 0 Å². The third-order valence-corrected chi connectivity index (χ3v) is 4.43. The van der Waals surface area contributed by atoms with Crippen LogP contribution < -0.4 is 5.32 Å². The van der Waals surface area contributed by atoms with Crippen molar-refractivity contribution in [3.8, 4) is 5.75 Å². The molecule has 0 bridgehead atoms. The number of hydrogen-bond acceptors (Lipinski definition) is 4. The minimum atomic E-state index is -2.94. The fourth-order valence-corrected chi connectivity index (χ4v) is 2.24. The van der Waals surface area contributed by atoms with E-state index in [9.17, 15) is 13.5 Å². The molecule has 0 fully saturated rings. The molecule has 0 aliphatic rings. The summed E-state index contributed by atoms with van der Waals surface area (Å²) >= 11 is 5.75. The number of halogens is 1. The molecule has 96 valence electrons. The second kappa shape index (κ2) is 6.23. The molecule has 0 amide bonds. The topological polar surface area (TPSA) is 66.4 Å². The Morgan fingerprint density at radius 3 is 2.76 bits per heavy atom. The fraction of sp³-hybridized carbons (Fsp3) is 0.455. The lowest BCUT2D eigenvalue weighted by Crippen LogP contribution is -2.23. The first kappa shape index (κ1) is 14.3. The van der Waals surface area contributed by atoms with E-state index >= 15 is 0 Å². The number of aromatic hydroxyl groups is 1. The van der Waals surface area contributed by atoms with Crippen LogP contribution in [0.25, 0.3) is 0 Å². The van der Waals surface area contributed by atoms with Gasteiger partial charge in [0.25, 0.3) is 0 Å². The van der Waals surface area contributed by atoms with Crippen molar-refractivity contribution in [2.24, 2.45) is 0 Å². The number of phenols is 1. The molecule has 2 N–H and O–H groups in total. The second-order valence-electron chi connectivity index (χ2n) is 3.66. The summed E-state index contributed by atoms with van der Waals surface area (Å²) in [6, 6.07) is 5.08. The molecule has 0 unspecified atom stereocenters. The molecule has 0 heterocycles. The number of benzene rings is 1. The highest BCUT2D eigenvalue weighted by Crippen LogP contribution is 2.26. The first-order valence-electron chi connectivity index (χ1n) is 5.34. The van der Waals surface area contributed by atoms with Crippen LogP contribution >= 0.6 is 11.6 Å². The van der Waals surface area contributed by atoms with Gasteiger partial charge in [-0.3, -0.25) is 0 Å². The summed E-state index contributed by atoms with van der Waals surface area (Å²) in [6.07, 6.45) is 0. The van der Waals surface area contributed by atoms with Crippen LogP contribution in [0.15, 0.2) is 18.2 Å². The Bertz CT molecular complexity index is 474. The van der Waals surface area contributed by atoms with E-state index < -0.39 is 9.84 Å². The standard InChI is InChI=1S/C11H16ClNO3S/c1-2-17(15,16)7-6-13-8-9-4-3-5-10(12)11(9)14/h3-5,13-14H,2,6-8H2,1H3. The number of sulfone groups is 1. The van der Waals surface area contributed by atoms with Crippen LogP contribution in [0.1, 0.15) is 12.5 Å². The first-order chi connectivity index (χ1) is 7.96. The van der Waals surface area contributed by atoms with Crippen molar-refractivity contribution in [3.05, 3.63) is 28.8 Å². The number of nitrogens with one attached hydrogen (secondary N) is 1. The largest absolute Gasteiger partial charge is 0.506 e. The minimum Gasteiger partial charge on any atom is -0.506 e. The molecule has 0 saturated carbocycles. The number of para-hydroxylation sites is 1. The van der Waals surface area contributed by atoms with Gasteiger partial charge in [-0.25, -0.2) is 8.42 Å². The van der Waals surface area contributed by atoms with Crippen molar-refractivity contribution in [2.45, 2.75) is 13.5 Å². The molecule has 0 atom stereocenters. The molecular formula is C11H16ClNO3S. The van der Waals surface area contributed by atoms with Crippen molar-refractivity contribution in [1.82, 2.24) is 5.32 Å². The van der Waals surface area contributed by atoms with E-state index in [-0.39, 0.29) is 17.3 Å². The average Bonchev–Trinajstić information content (AvgIpc) is 2.30. The van der Waals surface area contributed by atoms with E-state index in [0.717, 1.165) is 0 Å². The Morgan fingerprint density at radius 1 is 1.41 bits per heavy atom. The quantitative estimate of drug-likeness (QED) is 0.775. The lowest BCUT2D eigenvalue weighted by Gasteiger charge is -2.07. The van der Waals surface area contributed by atoms with Gasteiger partial charge >= 0.3 is 0 Å². The van der Waals surface area contributed by atoms with Crippen LogP contribution in [-0.2, 0) is 16.4 Å². The summed E-state index contributed by atoms with van der Waals surface area (Å²) in [5.41, 5.74) is 0.659. The molecule has 1 aromatic carbocycles. The zero-order valence-electron chi connectivity index (χ0n) is 9.61. The Morgan fingerprint density at radius 2 is 2.12 bits per heavy atom. The SMILES string of the molecule is CCS(=O)(=O)CCNCc1cccc(Cl)c1O. The van der Waals surface area contributed by atoms with Gasteiger partial charge in [-0.2, -0.15) is 0 Å². The Labute approximate surface area is 107 Å². The molecular weight excluding hydrogens is 262 g/mol. The van der Waals surface area contributed by atoms with Gasteiger partial charge < -0.3 is 10.4 Å². The van der Waals surface area contributed by atoms with E-state index in [0.29, 0.717) is 23.7 Å². The number of phenolic OH excluding ortho intramolecular Hbond substituents is 1. The summed E-state index contributed by atoms with van der Waals surface area (Å²) in [6.45, 7) is 2.38. The van der Waals surface area contributed by atoms with Crippen LogP contribution in [0.3, 0.4) is 0 Å². The summed E-state index contributed by atoms with van der Waals surface area (Å²) < 4.78 is 22.4. The smallest absolute Gasteiger partial charge is 0.151 e. The molecule has 4 nitrogen and oxygen atoms in total. The Kier molecular flexibility index (Phi) is 5.24. The van der Waals surface area contributed by atoms with Crippen LogP contribution in [0.2, 0.25) is 5.02 Å². The van der Waals surface area contributed by atoms with Crippen LogP contribution in [0.5, 0.6) is 5.75 Å². The second-order valence-corrected chi connectivity index (χ2v) is 6.54.